The number of imide groups is 1. The summed E-state index contributed by atoms with van der Waals surface area (Å²) >= 11 is 0. The number of amides is 2. The summed E-state index contributed by atoms with van der Waals surface area (Å²) in [5, 5.41) is 2.11. The summed E-state index contributed by atoms with van der Waals surface area (Å²) in [5.74, 6) is -1.42. The highest BCUT2D eigenvalue weighted by molar-refractivity contribution is 6.07. The van der Waals surface area contributed by atoms with E-state index in [4.69, 9.17) is 4.74 Å². The molecule has 2 amide bonds. The molecule has 0 N–H and O–H groups in total. The maximum atomic E-state index is 12.4. The number of benzene rings is 2. The van der Waals surface area contributed by atoms with Crippen LogP contribution >= 0.6 is 0 Å². The van der Waals surface area contributed by atoms with Gasteiger partial charge in [-0.25, -0.2) is 0 Å². The number of carbonyl (C=O) groups is 3. The normalized spacial score (nSPS) is 22.5. The summed E-state index contributed by atoms with van der Waals surface area (Å²) < 4.78 is 5.36. The van der Waals surface area contributed by atoms with Gasteiger partial charge in [-0.3, -0.25) is 19.3 Å². The Kier molecular flexibility index (Phi) is 4.45. The van der Waals surface area contributed by atoms with Crippen LogP contribution in [0.15, 0.2) is 42.5 Å². The Morgan fingerprint density at radius 2 is 1.62 bits per heavy atom. The van der Waals surface area contributed by atoms with Crippen LogP contribution in [0.25, 0.3) is 10.8 Å². The second kappa shape index (κ2) is 6.90. The maximum Gasteiger partial charge on any atom is 0.326 e. The second-order valence-electron chi connectivity index (χ2n) is 7.06. The van der Waals surface area contributed by atoms with Crippen molar-refractivity contribution in [3.63, 3.8) is 0 Å². The molecule has 2 aromatic rings. The number of hydrogen-bond acceptors (Lipinski definition) is 4. The van der Waals surface area contributed by atoms with Crippen molar-refractivity contribution in [3.8, 4) is 0 Å². The highest BCUT2D eigenvalue weighted by Crippen LogP contribution is 2.37. The molecular formula is C21H21NO4. The molecule has 0 unspecified atom stereocenters. The van der Waals surface area contributed by atoms with E-state index in [1.165, 1.54) is 0 Å². The molecule has 4 rings (SSSR count). The molecule has 134 valence electrons. The Morgan fingerprint density at radius 1 is 0.962 bits per heavy atom. The van der Waals surface area contributed by atoms with Gasteiger partial charge < -0.3 is 4.74 Å². The quantitative estimate of drug-likeness (QED) is 0.627. The molecule has 0 bridgehead atoms. The third-order valence-electron chi connectivity index (χ3n) is 5.49. The first-order valence-electron chi connectivity index (χ1n) is 9.12. The van der Waals surface area contributed by atoms with Crippen molar-refractivity contribution in [2.75, 3.05) is 6.54 Å². The average molecular weight is 351 g/mol. The van der Waals surface area contributed by atoms with Gasteiger partial charge in [-0.15, -0.1) is 0 Å². The number of ether oxygens (including phenoxy) is 1. The van der Waals surface area contributed by atoms with Crippen molar-refractivity contribution in [2.24, 2.45) is 11.8 Å². The zero-order valence-electron chi connectivity index (χ0n) is 14.5. The number of carbonyl (C=O) groups excluding carboxylic acids is 3. The van der Waals surface area contributed by atoms with Crippen LogP contribution in [0.5, 0.6) is 0 Å². The fraction of sp³-hybridized carbons (Fsp3) is 0.381. The van der Waals surface area contributed by atoms with Crippen molar-refractivity contribution in [2.45, 2.75) is 32.3 Å². The van der Waals surface area contributed by atoms with Gasteiger partial charge in [-0.2, -0.15) is 0 Å². The molecule has 2 aromatic carbocycles. The van der Waals surface area contributed by atoms with Gasteiger partial charge in [0.1, 0.15) is 13.2 Å². The number of likely N-dealkylation sites (tertiary alicyclic amines) is 1. The van der Waals surface area contributed by atoms with Crippen molar-refractivity contribution >= 4 is 28.6 Å². The first kappa shape index (κ1) is 16.8. The van der Waals surface area contributed by atoms with Crippen molar-refractivity contribution in [3.05, 3.63) is 48.0 Å². The molecule has 5 heteroatoms. The van der Waals surface area contributed by atoms with Gasteiger partial charge in [-0.05, 0) is 29.2 Å². The van der Waals surface area contributed by atoms with E-state index in [0.29, 0.717) is 0 Å². The first-order chi connectivity index (χ1) is 12.6. The summed E-state index contributed by atoms with van der Waals surface area (Å²) in [6, 6.07) is 13.7. The summed E-state index contributed by atoms with van der Waals surface area (Å²) in [6.45, 7) is -0.154. The van der Waals surface area contributed by atoms with E-state index in [1.54, 1.807) is 0 Å². The van der Waals surface area contributed by atoms with E-state index in [1.807, 2.05) is 42.5 Å². The molecule has 1 heterocycles. The number of rotatable bonds is 4. The molecule has 2 fully saturated rings. The van der Waals surface area contributed by atoms with E-state index in [9.17, 15) is 14.4 Å². The third-order valence-corrected chi connectivity index (χ3v) is 5.49. The second-order valence-corrected chi connectivity index (χ2v) is 7.06. The SMILES string of the molecule is O=C(CN1C(=O)[C@H]2CCCC[C@@H]2C1=O)OCc1cccc2ccccc12. The van der Waals surface area contributed by atoms with Crippen molar-refractivity contribution in [1.82, 2.24) is 4.90 Å². The van der Waals surface area contributed by atoms with E-state index in [-0.39, 0.29) is 36.8 Å². The lowest BCUT2D eigenvalue weighted by Crippen LogP contribution is -2.36. The predicted molar refractivity (Wildman–Crippen MR) is 95.9 cm³/mol. The molecule has 5 nitrogen and oxygen atoms in total. The van der Waals surface area contributed by atoms with Crippen LogP contribution in [-0.2, 0) is 25.7 Å². The molecule has 0 radical (unpaired) electrons. The van der Waals surface area contributed by atoms with Crippen LogP contribution in [0.4, 0.5) is 0 Å². The highest BCUT2D eigenvalue weighted by atomic mass is 16.5. The van der Waals surface area contributed by atoms with Gasteiger partial charge >= 0.3 is 5.97 Å². The largest absolute Gasteiger partial charge is 0.459 e. The summed E-state index contributed by atoms with van der Waals surface area (Å²) in [4.78, 5) is 38.2. The third kappa shape index (κ3) is 2.98. The molecule has 0 spiro atoms. The first-order valence-corrected chi connectivity index (χ1v) is 9.12. The Bertz CT molecular complexity index is 846. The van der Waals surface area contributed by atoms with Crippen molar-refractivity contribution < 1.29 is 19.1 Å². The fourth-order valence-electron chi connectivity index (χ4n) is 4.14. The van der Waals surface area contributed by atoms with Gasteiger partial charge in [-0.1, -0.05) is 55.3 Å². The van der Waals surface area contributed by atoms with Crippen molar-refractivity contribution in [1.29, 1.82) is 0 Å². The minimum atomic E-state index is -0.543. The van der Waals surface area contributed by atoms with E-state index >= 15 is 0 Å². The number of esters is 1. The molecule has 2 atom stereocenters. The monoisotopic (exact) mass is 351 g/mol. The van der Waals surface area contributed by atoms with Crippen LogP contribution in [0.1, 0.15) is 31.2 Å². The number of nitrogens with zero attached hydrogens (tertiary/aromatic N) is 1. The van der Waals surface area contributed by atoms with Gasteiger partial charge in [0.05, 0.1) is 11.8 Å². The zero-order chi connectivity index (χ0) is 18.1. The smallest absolute Gasteiger partial charge is 0.326 e. The average Bonchev–Trinajstić information content (AvgIpc) is 2.91. The van der Waals surface area contributed by atoms with Gasteiger partial charge in [0.25, 0.3) is 0 Å². The lowest BCUT2D eigenvalue weighted by molar-refractivity contribution is -0.153. The predicted octanol–water partition coefficient (Wildman–Crippen LogP) is 3.06. The zero-order valence-corrected chi connectivity index (χ0v) is 14.5. The highest BCUT2D eigenvalue weighted by Gasteiger charge is 2.48. The van der Waals surface area contributed by atoms with Crippen LogP contribution in [-0.4, -0.2) is 29.2 Å². The van der Waals surface area contributed by atoms with E-state index in [0.717, 1.165) is 46.9 Å². The van der Waals surface area contributed by atoms with E-state index < -0.39 is 5.97 Å². The lowest BCUT2D eigenvalue weighted by Gasteiger charge is -2.19. The summed E-state index contributed by atoms with van der Waals surface area (Å²) in [7, 11) is 0. The van der Waals surface area contributed by atoms with Crippen LogP contribution in [0.2, 0.25) is 0 Å². The minimum Gasteiger partial charge on any atom is -0.459 e. The Morgan fingerprint density at radius 3 is 2.35 bits per heavy atom. The maximum absolute atomic E-state index is 12.4. The molecule has 1 saturated heterocycles. The molecule has 26 heavy (non-hydrogen) atoms. The molecule has 1 aliphatic carbocycles. The molecule has 1 aliphatic heterocycles. The van der Waals surface area contributed by atoms with Gasteiger partial charge in [0, 0.05) is 0 Å². The fourth-order valence-corrected chi connectivity index (χ4v) is 4.14. The molecule has 0 aromatic heterocycles. The van der Waals surface area contributed by atoms with Gasteiger partial charge in [0.15, 0.2) is 0 Å². The molecule has 2 aliphatic rings. The topological polar surface area (TPSA) is 63.7 Å². The van der Waals surface area contributed by atoms with Crippen LogP contribution < -0.4 is 0 Å². The standard InChI is InChI=1S/C21H21NO4/c23-19(12-22-20(24)17-10-3-4-11-18(17)21(22)25)26-13-15-8-5-7-14-6-1-2-9-16(14)15/h1-2,5-9,17-18H,3-4,10-13H2/t17-,18-/m0/s1. The number of hydrogen-bond donors (Lipinski definition) is 0. The molecular weight excluding hydrogens is 330 g/mol. The Labute approximate surface area is 151 Å². The molecule has 1 saturated carbocycles. The summed E-state index contributed by atoms with van der Waals surface area (Å²) in [5.41, 5.74) is 0.907. The minimum absolute atomic E-state index is 0.128. The Balaban J connectivity index is 1.41. The summed E-state index contributed by atoms with van der Waals surface area (Å²) in [6.07, 6.45) is 3.44. The van der Waals surface area contributed by atoms with Crippen LogP contribution in [0, 0.1) is 11.8 Å². The Hall–Kier alpha value is -2.69. The van der Waals surface area contributed by atoms with Gasteiger partial charge in [0.2, 0.25) is 11.8 Å². The van der Waals surface area contributed by atoms with E-state index in [2.05, 4.69) is 0 Å². The number of fused-ring (bicyclic) bond motifs is 2. The lowest BCUT2D eigenvalue weighted by atomic mass is 9.81. The van der Waals surface area contributed by atoms with Crippen LogP contribution in [0.3, 0.4) is 0 Å².